The molecule has 1 spiro atoms. The molecule has 4 fully saturated rings. The number of nitrogens with zero attached hydrogens (tertiary/aromatic N) is 1. The van der Waals surface area contributed by atoms with Gasteiger partial charge in [-0.15, -0.1) is 0 Å². The Bertz CT molecular complexity index is 946. The van der Waals surface area contributed by atoms with Gasteiger partial charge < -0.3 is 26.1 Å². The van der Waals surface area contributed by atoms with E-state index in [0.717, 1.165) is 31.9 Å². The van der Waals surface area contributed by atoms with E-state index in [2.05, 4.69) is 20.9 Å². The molecule has 5 rings (SSSR count). The molecule has 2 heterocycles. The molecule has 33 heavy (non-hydrogen) atoms. The van der Waals surface area contributed by atoms with E-state index >= 15 is 0 Å². The van der Waals surface area contributed by atoms with Crippen LogP contribution >= 0.6 is 0 Å². The second kappa shape index (κ2) is 7.69. The van der Waals surface area contributed by atoms with Crippen molar-refractivity contribution >= 4 is 11.8 Å². The molecule has 6 unspecified atom stereocenters. The summed E-state index contributed by atoms with van der Waals surface area (Å²) in [6.45, 7) is 1.28. The second-order valence-electron chi connectivity index (χ2n) is 10.2. The Morgan fingerprint density at radius 3 is 2.73 bits per heavy atom. The van der Waals surface area contributed by atoms with Crippen LogP contribution in [0.4, 0.5) is 13.2 Å². The number of hydrogen-bond acceptors (Lipinski definition) is 6. The SMILES string of the molecule is CC(F)(F)c1coc(CNC(=O)C2C3CCC(C34CC4)C2(N)C(=O)NC2CCNCC2F)n1. The van der Waals surface area contributed by atoms with Gasteiger partial charge in [-0.3, -0.25) is 9.59 Å². The largest absolute Gasteiger partial charge is 0.447 e. The molecule has 11 heteroatoms. The quantitative estimate of drug-likeness (QED) is 0.499. The third kappa shape index (κ3) is 3.54. The number of amides is 2. The summed E-state index contributed by atoms with van der Waals surface area (Å²) in [5.41, 5.74) is 4.73. The molecule has 3 saturated carbocycles. The van der Waals surface area contributed by atoms with Crippen molar-refractivity contribution in [2.45, 2.75) is 69.2 Å². The zero-order chi connectivity index (χ0) is 23.6. The van der Waals surface area contributed by atoms with Gasteiger partial charge in [-0.25, -0.2) is 9.37 Å². The van der Waals surface area contributed by atoms with Crippen LogP contribution in [-0.2, 0) is 22.1 Å². The van der Waals surface area contributed by atoms with Crippen LogP contribution in [0, 0.1) is 23.2 Å². The minimum absolute atomic E-state index is 0.0347. The van der Waals surface area contributed by atoms with E-state index in [1.807, 2.05) is 0 Å². The minimum Gasteiger partial charge on any atom is -0.447 e. The lowest BCUT2D eigenvalue weighted by Gasteiger charge is -2.40. The first-order valence-corrected chi connectivity index (χ1v) is 11.6. The van der Waals surface area contributed by atoms with Gasteiger partial charge in [-0.05, 0) is 55.9 Å². The van der Waals surface area contributed by atoms with Gasteiger partial charge in [0.15, 0.2) is 0 Å². The highest BCUT2D eigenvalue weighted by Gasteiger charge is 2.77. The zero-order valence-electron chi connectivity index (χ0n) is 18.5. The first kappa shape index (κ1) is 22.6. The number of nitrogens with two attached hydrogens (primary N) is 1. The molecule has 1 aliphatic heterocycles. The van der Waals surface area contributed by atoms with Crippen molar-refractivity contribution in [3.63, 3.8) is 0 Å². The Morgan fingerprint density at radius 2 is 2.09 bits per heavy atom. The summed E-state index contributed by atoms with van der Waals surface area (Å²) in [6.07, 6.45) is 3.51. The molecule has 2 bridgehead atoms. The number of aromatic nitrogens is 1. The van der Waals surface area contributed by atoms with E-state index in [1.165, 1.54) is 0 Å². The number of nitrogens with one attached hydrogen (secondary N) is 3. The van der Waals surface area contributed by atoms with Gasteiger partial charge in [0.2, 0.25) is 17.7 Å². The van der Waals surface area contributed by atoms with E-state index in [-0.39, 0.29) is 36.2 Å². The van der Waals surface area contributed by atoms with Crippen LogP contribution in [0.5, 0.6) is 0 Å². The summed E-state index contributed by atoms with van der Waals surface area (Å²) in [5.74, 6) is -5.05. The lowest BCUT2D eigenvalue weighted by atomic mass is 9.71. The third-order valence-electron chi connectivity index (χ3n) is 8.34. The van der Waals surface area contributed by atoms with Gasteiger partial charge in [0, 0.05) is 13.5 Å². The van der Waals surface area contributed by atoms with Crippen LogP contribution in [0.2, 0.25) is 0 Å². The van der Waals surface area contributed by atoms with Crippen molar-refractivity contribution in [2.75, 3.05) is 13.1 Å². The number of hydrogen-bond donors (Lipinski definition) is 4. The Hall–Kier alpha value is -2.14. The highest BCUT2D eigenvalue weighted by atomic mass is 19.3. The van der Waals surface area contributed by atoms with Crippen molar-refractivity contribution in [1.29, 1.82) is 0 Å². The maximum Gasteiger partial charge on any atom is 0.290 e. The predicted octanol–water partition coefficient (Wildman–Crippen LogP) is 1.35. The fraction of sp³-hybridized carbons (Fsp3) is 0.773. The topological polar surface area (TPSA) is 122 Å². The molecule has 8 nitrogen and oxygen atoms in total. The summed E-state index contributed by atoms with van der Waals surface area (Å²) in [4.78, 5) is 30.5. The van der Waals surface area contributed by atoms with Crippen molar-refractivity contribution in [3.8, 4) is 0 Å². The van der Waals surface area contributed by atoms with Gasteiger partial charge in [0.1, 0.15) is 23.7 Å². The van der Waals surface area contributed by atoms with Crippen LogP contribution in [0.1, 0.15) is 50.6 Å². The first-order valence-electron chi connectivity index (χ1n) is 11.6. The number of rotatable bonds is 6. The van der Waals surface area contributed by atoms with Gasteiger partial charge in [0.05, 0.1) is 18.5 Å². The Morgan fingerprint density at radius 1 is 1.33 bits per heavy atom. The molecule has 1 aromatic rings. The molecule has 2 amide bonds. The van der Waals surface area contributed by atoms with E-state index in [1.54, 1.807) is 0 Å². The summed E-state index contributed by atoms with van der Waals surface area (Å²) in [6, 6.07) is -0.640. The molecule has 3 aliphatic carbocycles. The molecule has 1 saturated heterocycles. The molecule has 1 aromatic heterocycles. The van der Waals surface area contributed by atoms with E-state index in [9.17, 15) is 22.8 Å². The molecule has 5 N–H and O–H groups in total. The molecular weight excluding hydrogens is 439 g/mol. The maximum absolute atomic E-state index is 14.4. The van der Waals surface area contributed by atoms with E-state index in [0.29, 0.717) is 19.9 Å². The normalized spacial score (nSPS) is 36.7. The number of carbonyl (C=O) groups excluding carboxylic acids is 2. The van der Waals surface area contributed by atoms with E-state index in [4.69, 9.17) is 10.2 Å². The fourth-order valence-corrected chi connectivity index (χ4v) is 6.65. The monoisotopic (exact) mass is 469 g/mol. The number of halogens is 3. The van der Waals surface area contributed by atoms with Gasteiger partial charge in [0.25, 0.3) is 5.92 Å². The van der Waals surface area contributed by atoms with Crippen molar-refractivity contribution in [2.24, 2.45) is 28.9 Å². The number of piperidine rings is 1. The number of carbonyl (C=O) groups is 2. The summed E-state index contributed by atoms with van der Waals surface area (Å²) >= 11 is 0. The maximum atomic E-state index is 14.4. The van der Waals surface area contributed by atoms with Crippen LogP contribution < -0.4 is 21.7 Å². The first-order chi connectivity index (χ1) is 15.6. The molecular formula is C22H30F3N5O3. The van der Waals surface area contributed by atoms with Crippen LogP contribution in [0.15, 0.2) is 10.7 Å². The van der Waals surface area contributed by atoms with Gasteiger partial charge >= 0.3 is 0 Å². The average Bonchev–Trinajstić information content (AvgIpc) is 3.16. The van der Waals surface area contributed by atoms with Crippen molar-refractivity contribution in [1.82, 2.24) is 20.9 Å². The zero-order valence-corrected chi connectivity index (χ0v) is 18.5. The highest BCUT2D eigenvalue weighted by molar-refractivity contribution is 5.96. The smallest absolute Gasteiger partial charge is 0.290 e. The lowest BCUT2D eigenvalue weighted by Crippen LogP contribution is -2.67. The van der Waals surface area contributed by atoms with Crippen LogP contribution in [0.25, 0.3) is 0 Å². The summed E-state index contributed by atoms with van der Waals surface area (Å²) < 4.78 is 46.3. The fourth-order valence-electron chi connectivity index (χ4n) is 6.65. The molecule has 0 radical (unpaired) electrons. The molecule has 6 atom stereocenters. The van der Waals surface area contributed by atoms with Crippen LogP contribution in [0.3, 0.4) is 0 Å². The second-order valence-corrected chi connectivity index (χ2v) is 10.2. The molecule has 0 aromatic carbocycles. The van der Waals surface area contributed by atoms with Crippen molar-refractivity contribution in [3.05, 3.63) is 17.8 Å². The van der Waals surface area contributed by atoms with Gasteiger partial charge in [-0.2, -0.15) is 8.78 Å². The average molecular weight is 470 g/mol. The third-order valence-corrected chi connectivity index (χ3v) is 8.34. The Kier molecular flexibility index (Phi) is 5.28. The Balaban J connectivity index is 1.34. The standard InChI is InChI=1S/C22H30F3N5O3/c1-20(24,25)15-10-33-16(30-15)9-28-18(31)17-11-2-3-14(21(11)5-6-21)22(17,26)19(32)29-13-4-7-27-8-12(13)23/h10-14,17,27H,2-9,26H2,1H3,(H,28,31)(H,29,32). The Labute approximate surface area is 189 Å². The highest BCUT2D eigenvalue weighted by Crippen LogP contribution is 2.75. The minimum atomic E-state index is -3.15. The summed E-state index contributed by atoms with van der Waals surface area (Å²) in [7, 11) is 0. The van der Waals surface area contributed by atoms with Gasteiger partial charge in [-0.1, -0.05) is 0 Å². The summed E-state index contributed by atoms with van der Waals surface area (Å²) in [5, 5.41) is 8.46. The number of alkyl halides is 3. The molecule has 182 valence electrons. The molecule has 4 aliphatic rings. The van der Waals surface area contributed by atoms with Crippen LogP contribution in [-0.4, -0.2) is 47.6 Å². The number of oxazole rings is 1. The van der Waals surface area contributed by atoms with Crippen molar-refractivity contribution < 1.29 is 27.2 Å². The van der Waals surface area contributed by atoms with E-state index < -0.39 is 47.1 Å². The predicted molar refractivity (Wildman–Crippen MR) is 111 cm³/mol. The lowest BCUT2D eigenvalue weighted by molar-refractivity contribution is -0.140.